The van der Waals surface area contributed by atoms with Gasteiger partial charge in [-0.3, -0.25) is 4.79 Å². The first-order valence-corrected chi connectivity index (χ1v) is 9.94. The molecule has 0 spiro atoms. The third-order valence-electron chi connectivity index (χ3n) is 4.34. The van der Waals surface area contributed by atoms with Crippen LogP contribution in [0.2, 0.25) is 0 Å². The van der Waals surface area contributed by atoms with Crippen molar-refractivity contribution in [3.05, 3.63) is 53.6 Å². The molecular formula is C19H22N2O4S. The average Bonchev–Trinajstić information content (AvgIpc) is 2.61. The lowest BCUT2D eigenvalue weighted by Crippen LogP contribution is -2.34. The topological polar surface area (TPSA) is 84.5 Å². The fourth-order valence-corrected chi connectivity index (χ4v) is 4.31. The van der Waals surface area contributed by atoms with E-state index in [4.69, 9.17) is 4.74 Å². The number of carbonyl (C=O) groups is 1. The summed E-state index contributed by atoms with van der Waals surface area (Å²) < 4.78 is 33.2. The van der Waals surface area contributed by atoms with E-state index in [1.54, 1.807) is 19.2 Å². The second-order valence-corrected chi connectivity index (χ2v) is 8.16. The van der Waals surface area contributed by atoms with Gasteiger partial charge in [0.2, 0.25) is 15.9 Å². The molecule has 2 aromatic rings. The fourth-order valence-electron chi connectivity index (χ4n) is 3.02. The van der Waals surface area contributed by atoms with E-state index in [1.807, 2.05) is 31.2 Å². The molecule has 0 fully saturated rings. The number of rotatable bonds is 6. The Morgan fingerprint density at radius 3 is 2.58 bits per heavy atom. The normalized spacial score (nSPS) is 15.1. The van der Waals surface area contributed by atoms with Gasteiger partial charge in [-0.15, -0.1) is 0 Å². The molecule has 1 amide bonds. The van der Waals surface area contributed by atoms with Gasteiger partial charge in [0.1, 0.15) is 5.75 Å². The molecule has 0 aliphatic carbocycles. The molecule has 2 aromatic carbocycles. The number of fused-ring (bicyclic) bond motifs is 1. The zero-order valence-electron chi connectivity index (χ0n) is 14.8. The highest BCUT2D eigenvalue weighted by Crippen LogP contribution is 2.25. The Bertz CT molecular complexity index is 908. The van der Waals surface area contributed by atoms with Crippen LogP contribution < -0.4 is 14.8 Å². The van der Waals surface area contributed by atoms with E-state index >= 15 is 0 Å². The number of ether oxygens (including phenoxy) is 1. The van der Waals surface area contributed by atoms with Crippen molar-refractivity contribution in [3.8, 4) is 5.75 Å². The summed E-state index contributed by atoms with van der Waals surface area (Å²) in [5.41, 5.74) is 2.55. The van der Waals surface area contributed by atoms with Gasteiger partial charge in [0.15, 0.2) is 0 Å². The molecule has 26 heavy (non-hydrogen) atoms. The van der Waals surface area contributed by atoms with E-state index in [1.165, 1.54) is 6.07 Å². The molecule has 7 heteroatoms. The van der Waals surface area contributed by atoms with Crippen molar-refractivity contribution in [1.82, 2.24) is 4.72 Å². The van der Waals surface area contributed by atoms with Crippen molar-refractivity contribution in [2.45, 2.75) is 37.1 Å². The molecule has 1 heterocycles. The number of sulfonamides is 1. The molecule has 6 nitrogen and oxygen atoms in total. The van der Waals surface area contributed by atoms with E-state index in [-0.39, 0.29) is 16.8 Å². The van der Waals surface area contributed by atoms with E-state index in [0.29, 0.717) is 24.9 Å². The van der Waals surface area contributed by atoms with Crippen molar-refractivity contribution in [2.75, 3.05) is 12.4 Å². The Balaban J connectivity index is 1.70. The van der Waals surface area contributed by atoms with Crippen LogP contribution in [-0.2, 0) is 27.7 Å². The smallest absolute Gasteiger partial charge is 0.240 e. The minimum atomic E-state index is -3.63. The summed E-state index contributed by atoms with van der Waals surface area (Å²) in [6, 6.07) is 12.1. The maximum absolute atomic E-state index is 12.7. The first-order valence-electron chi connectivity index (χ1n) is 8.45. The lowest BCUT2D eigenvalue weighted by molar-refractivity contribution is -0.116. The summed E-state index contributed by atoms with van der Waals surface area (Å²) in [5.74, 6) is 0.725. The zero-order chi connectivity index (χ0) is 18.7. The highest BCUT2D eigenvalue weighted by Gasteiger charge is 2.21. The first-order chi connectivity index (χ1) is 12.4. The largest absolute Gasteiger partial charge is 0.497 e. The lowest BCUT2D eigenvalue weighted by Gasteiger charge is -2.19. The third-order valence-corrected chi connectivity index (χ3v) is 5.93. The number of benzene rings is 2. The Morgan fingerprint density at radius 2 is 1.88 bits per heavy atom. The number of hydrogen-bond acceptors (Lipinski definition) is 4. The van der Waals surface area contributed by atoms with Crippen molar-refractivity contribution in [2.24, 2.45) is 0 Å². The number of nitrogens with one attached hydrogen (secondary N) is 2. The van der Waals surface area contributed by atoms with E-state index in [9.17, 15) is 13.2 Å². The van der Waals surface area contributed by atoms with Crippen LogP contribution in [0.25, 0.3) is 0 Å². The number of carbonyl (C=O) groups excluding carboxylic acids is 1. The maximum atomic E-state index is 12.7. The minimum absolute atomic E-state index is 0.0423. The number of hydrogen-bond donors (Lipinski definition) is 2. The summed E-state index contributed by atoms with van der Waals surface area (Å²) in [6.07, 6.45) is 1.49. The SMILES string of the molecule is COc1ccc(C[C@@H](C)NS(=O)(=O)c2ccc3c(c2)CCC(=O)N3)cc1. The highest BCUT2D eigenvalue weighted by molar-refractivity contribution is 7.89. The predicted octanol–water partition coefficient (Wildman–Crippen LogP) is 2.49. The Hall–Kier alpha value is -2.38. The average molecular weight is 374 g/mol. The van der Waals surface area contributed by atoms with Crippen molar-refractivity contribution >= 4 is 21.6 Å². The van der Waals surface area contributed by atoms with Gasteiger partial charge in [-0.05, 0) is 61.2 Å². The van der Waals surface area contributed by atoms with Crippen LogP contribution in [0.1, 0.15) is 24.5 Å². The van der Waals surface area contributed by atoms with Crippen LogP contribution in [0, 0.1) is 0 Å². The monoisotopic (exact) mass is 374 g/mol. The van der Waals surface area contributed by atoms with Crippen molar-refractivity contribution < 1.29 is 17.9 Å². The molecule has 0 saturated heterocycles. The predicted molar refractivity (Wildman–Crippen MR) is 99.9 cm³/mol. The number of anilines is 1. The van der Waals surface area contributed by atoms with Gasteiger partial charge in [-0.2, -0.15) is 0 Å². The lowest BCUT2D eigenvalue weighted by atomic mass is 10.0. The quantitative estimate of drug-likeness (QED) is 0.814. The molecule has 0 radical (unpaired) electrons. The maximum Gasteiger partial charge on any atom is 0.240 e. The third kappa shape index (κ3) is 4.23. The zero-order valence-corrected chi connectivity index (χ0v) is 15.6. The van der Waals surface area contributed by atoms with E-state index < -0.39 is 10.0 Å². The van der Waals surface area contributed by atoms with Gasteiger partial charge >= 0.3 is 0 Å². The Labute approximate surface area is 153 Å². The van der Waals surface area contributed by atoms with Crippen LogP contribution >= 0.6 is 0 Å². The number of aryl methyl sites for hydroxylation is 1. The molecule has 1 atom stereocenters. The molecule has 1 aliphatic rings. The van der Waals surface area contributed by atoms with Gasteiger partial charge in [0.25, 0.3) is 0 Å². The molecule has 2 N–H and O–H groups in total. The summed E-state index contributed by atoms with van der Waals surface area (Å²) in [5, 5.41) is 2.76. The van der Waals surface area contributed by atoms with Crippen LogP contribution in [0.4, 0.5) is 5.69 Å². The summed E-state index contributed by atoms with van der Waals surface area (Å²) >= 11 is 0. The minimum Gasteiger partial charge on any atom is -0.497 e. The van der Waals surface area contributed by atoms with Crippen molar-refractivity contribution in [1.29, 1.82) is 0 Å². The molecule has 0 aromatic heterocycles. The number of methoxy groups -OCH3 is 1. The fraction of sp³-hybridized carbons (Fsp3) is 0.316. The second kappa shape index (κ2) is 7.47. The number of amides is 1. The molecule has 0 unspecified atom stereocenters. The standard InChI is InChI=1S/C19H22N2O4S/c1-13(11-14-3-6-16(25-2)7-4-14)21-26(23,24)17-8-9-18-15(12-17)5-10-19(22)20-18/h3-4,6-9,12-13,21H,5,10-11H2,1-2H3,(H,20,22)/t13-/m1/s1. The Kier molecular flexibility index (Phi) is 5.29. The van der Waals surface area contributed by atoms with Gasteiger partial charge in [0, 0.05) is 18.2 Å². The summed E-state index contributed by atoms with van der Waals surface area (Å²) in [7, 11) is -2.02. The van der Waals surface area contributed by atoms with Crippen molar-refractivity contribution in [3.63, 3.8) is 0 Å². The second-order valence-electron chi connectivity index (χ2n) is 6.44. The Morgan fingerprint density at radius 1 is 1.15 bits per heavy atom. The molecule has 138 valence electrons. The van der Waals surface area contributed by atoms with Crippen LogP contribution in [-0.4, -0.2) is 27.5 Å². The van der Waals surface area contributed by atoms with E-state index in [0.717, 1.165) is 16.9 Å². The highest BCUT2D eigenvalue weighted by atomic mass is 32.2. The van der Waals surface area contributed by atoms with Crippen LogP contribution in [0.3, 0.4) is 0 Å². The molecular weight excluding hydrogens is 352 g/mol. The van der Waals surface area contributed by atoms with Gasteiger partial charge in [-0.1, -0.05) is 12.1 Å². The summed E-state index contributed by atoms with van der Waals surface area (Å²) in [6.45, 7) is 1.83. The van der Waals surface area contributed by atoms with E-state index in [2.05, 4.69) is 10.0 Å². The molecule has 0 saturated carbocycles. The van der Waals surface area contributed by atoms with Gasteiger partial charge in [0.05, 0.1) is 12.0 Å². The van der Waals surface area contributed by atoms with Crippen LogP contribution in [0.5, 0.6) is 5.75 Å². The van der Waals surface area contributed by atoms with Gasteiger partial charge in [-0.25, -0.2) is 13.1 Å². The molecule has 1 aliphatic heterocycles. The first kappa shape index (κ1) is 18.4. The molecule has 0 bridgehead atoms. The molecule has 3 rings (SSSR count). The summed E-state index contributed by atoms with van der Waals surface area (Å²) in [4.78, 5) is 11.6. The van der Waals surface area contributed by atoms with Gasteiger partial charge < -0.3 is 10.1 Å². The van der Waals surface area contributed by atoms with Crippen LogP contribution in [0.15, 0.2) is 47.4 Å².